The molecule has 90 valence electrons. The van der Waals surface area contributed by atoms with Crippen molar-refractivity contribution in [1.82, 2.24) is 10.2 Å². The third-order valence-electron chi connectivity index (χ3n) is 2.68. The number of hydrogen-bond acceptors (Lipinski definition) is 3. The number of amides is 1. The molecular weight excluding hydrogens is 214 g/mol. The highest BCUT2D eigenvalue weighted by Crippen LogP contribution is 2.06. The van der Waals surface area contributed by atoms with Crippen LogP contribution in [0.15, 0.2) is 24.3 Å². The van der Waals surface area contributed by atoms with Crippen LogP contribution < -0.4 is 5.32 Å². The van der Waals surface area contributed by atoms with E-state index in [2.05, 4.69) is 11.4 Å². The van der Waals surface area contributed by atoms with E-state index in [1.165, 1.54) is 0 Å². The predicted octanol–water partition coefficient (Wildman–Crippen LogP) is 1.12. The zero-order chi connectivity index (χ0) is 12.8. The Labute approximate surface area is 102 Å². The standard InChI is InChI=1S/C13H17N3O/c1-10(15-2)13(17)16(3)9-12-6-4-11(8-14)5-7-12/h4-7,10,15H,9H2,1-3H3. The van der Waals surface area contributed by atoms with Crippen LogP contribution in [0.2, 0.25) is 0 Å². The second kappa shape index (κ2) is 6.02. The van der Waals surface area contributed by atoms with Crippen molar-refractivity contribution < 1.29 is 4.79 Å². The maximum Gasteiger partial charge on any atom is 0.239 e. The summed E-state index contributed by atoms with van der Waals surface area (Å²) < 4.78 is 0. The fourth-order valence-electron chi connectivity index (χ4n) is 1.49. The minimum atomic E-state index is -0.182. The molecule has 1 amide bonds. The summed E-state index contributed by atoms with van der Waals surface area (Å²) in [4.78, 5) is 13.5. The number of likely N-dealkylation sites (N-methyl/N-ethyl adjacent to an activating group) is 2. The molecule has 0 fully saturated rings. The van der Waals surface area contributed by atoms with E-state index in [-0.39, 0.29) is 11.9 Å². The predicted molar refractivity (Wildman–Crippen MR) is 66.2 cm³/mol. The van der Waals surface area contributed by atoms with Crippen molar-refractivity contribution in [3.63, 3.8) is 0 Å². The summed E-state index contributed by atoms with van der Waals surface area (Å²) in [5.74, 6) is 0.0526. The normalized spacial score (nSPS) is 11.6. The number of carbonyl (C=O) groups excluding carboxylic acids is 1. The minimum Gasteiger partial charge on any atom is -0.340 e. The first-order valence-corrected chi connectivity index (χ1v) is 5.49. The molecule has 0 radical (unpaired) electrons. The number of rotatable bonds is 4. The SMILES string of the molecule is CNC(C)C(=O)N(C)Cc1ccc(C#N)cc1. The van der Waals surface area contributed by atoms with E-state index in [9.17, 15) is 4.79 Å². The van der Waals surface area contributed by atoms with Gasteiger partial charge in [-0.2, -0.15) is 5.26 Å². The Balaban J connectivity index is 2.65. The van der Waals surface area contributed by atoms with Gasteiger partial charge in [-0.25, -0.2) is 0 Å². The van der Waals surface area contributed by atoms with Crippen LogP contribution >= 0.6 is 0 Å². The zero-order valence-electron chi connectivity index (χ0n) is 10.4. The molecule has 0 heterocycles. The van der Waals surface area contributed by atoms with Crippen molar-refractivity contribution >= 4 is 5.91 Å². The average Bonchev–Trinajstić information content (AvgIpc) is 2.37. The zero-order valence-corrected chi connectivity index (χ0v) is 10.4. The summed E-state index contributed by atoms with van der Waals surface area (Å²) in [6.07, 6.45) is 0. The lowest BCUT2D eigenvalue weighted by molar-refractivity contribution is -0.132. The first-order chi connectivity index (χ1) is 8.08. The number of carbonyl (C=O) groups is 1. The second-order valence-corrected chi connectivity index (χ2v) is 4.01. The second-order valence-electron chi connectivity index (χ2n) is 4.01. The lowest BCUT2D eigenvalue weighted by Crippen LogP contribution is -2.41. The van der Waals surface area contributed by atoms with Gasteiger partial charge in [0.2, 0.25) is 5.91 Å². The Morgan fingerprint density at radius 3 is 2.53 bits per heavy atom. The molecule has 0 aliphatic carbocycles. The summed E-state index contributed by atoms with van der Waals surface area (Å²) >= 11 is 0. The van der Waals surface area contributed by atoms with E-state index in [0.29, 0.717) is 12.1 Å². The van der Waals surface area contributed by atoms with E-state index in [1.54, 1.807) is 31.1 Å². The van der Waals surface area contributed by atoms with Gasteiger partial charge in [0, 0.05) is 13.6 Å². The molecule has 4 nitrogen and oxygen atoms in total. The number of nitrogens with zero attached hydrogens (tertiary/aromatic N) is 2. The van der Waals surface area contributed by atoms with E-state index in [1.807, 2.05) is 19.1 Å². The van der Waals surface area contributed by atoms with Crippen molar-refractivity contribution in [2.75, 3.05) is 14.1 Å². The van der Waals surface area contributed by atoms with Gasteiger partial charge in [0.25, 0.3) is 0 Å². The van der Waals surface area contributed by atoms with Gasteiger partial charge in [-0.05, 0) is 31.7 Å². The largest absolute Gasteiger partial charge is 0.340 e. The van der Waals surface area contributed by atoms with Crippen molar-refractivity contribution in [3.05, 3.63) is 35.4 Å². The molecule has 4 heteroatoms. The summed E-state index contributed by atoms with van der Waals surface area (Å²) in [5, 5.41) is 11.6. The lowest BCUT2D eigenvalue weighted by Gasteiger charge is -2.21. The van der Waals surface area contributed by atoms with Crippen LogP contribution in [0.1, 0.15) is 18.1 Å². The first-order valence-electron chi connectivity index (χ1n) is 5.49. The molecule has 0 aliphatic rings. The molecule has 0 saturated carbocycles. The number of nitrogens with one attached hydrogen (secondary N) is 1. The fourth-order valence-corrected chi connectivity index (χ4v) is 1.49. The lowest BCUT2D eigenvalue weighted by atomic mass is 10.1. The smallest absolute Gasteiger partial charge is 0.239 e. The van der Waals surface area contributed by atoms with Gasteiger partial charge in [0.05, 0.1) is 17.7 Å². The molecule has 1 aromatic carbocycles. The van der Waals surface area contributed by atoms with Crippen LogP contribution in [0.4, 0.5) is 0 Å². The summed E-state index contributed by atoms with van der Waals surface area (Å²) in [6.45, 7) is 2.38. The van der Waals surface area contributed by atoms with Crippen molar-refractivity contribution in [2.45, 2.75) is 19.5 Å². The molecule has 1 aromatic rings. The minimum absolute atomic E-state index is 0.0526. The monoisotopic (exact) mass is 231 g/mol. The Kier molecular flexibility index (Phi) is 4.68. The van der Waals surface area contributed by atoms with Crippen molar-refractivity contribution in [1.29, 1.82) is 5.26 Å². The van der Waals surface area contributed by atoms with Crippen LogP contribution in [-0.2, 0) is 11.3 Å². The Morgan fingerprint density at radius 2 is 2.06 bits per heavy atom. The van der Waals surface area contributed by atoms with E-state index in [0.717, 1.165) is 5.56 Å². The molecule has 17 heavy (non-hydrogen) atoms. The number of hydrogen-bond donors (Lipinski definition) is 1. The van der Waals surface area contributed by atoms with Crippen LogP contribution in [0.25, 0.3) is 0 Å². The molecule has 1 atom stereocenters. The fraction of sp³-hybridized carbons (Fsp3) is 0.385. The van der Waals surface area contributed by atoms with Gasteiger partial charge in [0.1, 0.15) is 0 Å². The molecule has 0 spiro atoms. The van der Waals surface area contributed by atoms with Gasteiger partial charge in [-0.3, -0.25) is 4.79 Å². The Hall–Kier alpha value is -1.86. The maximum absolute atomic E-state index is 11.8. The summed E-state index contributed by atoms with van der Waals surface area (Å²) in [7, 11) is 3.53. The quantitative estimate of drug-likeness (QED) is 0.845. The highest BCUT2D eigenvalue weighted by Gasteiger charge is 2.15. The van der Waals surface area contributed by atoms with Crippen LogP contribution in [0.3, 0.4) is 0 Å². The summed E-state index contributed by atoms with van der Waals surface area (Å²) in [6, 6.07) is 9.14. The Bertz CT molecular complexity index is 419. The van der Waals surface area contributed by atoms with Crippen molar-refractivity contribution in [2.24, 2.45) is 0 Å². The van der Waals surface area contributed by atoms with Crippen LogP contribution in [0, 0.1) is 11.3 Å². The highest BCUT2D eigenvalue weighted by atomic mass is 16.2. The third kappa shape index (κ3) is 3.58. The van der Waals surface area contributed by atoms with Gasteiger partial charge >= 0.3 is 0 Å². The molecule has 1 N–H and O–H groups in total. The van der Waals surface area contributed by atoms with Gasteiger partial charge < -0.3 is 10.2 Å². The van der Waals surface area contributed by atoms with Gasteiger partial charge in [-0.1, -0.05) is 12.1 Å². The van der Waals surface area contributed by atoms with Crippen LogP contribution in [0.5, 0.6) is 0 Å². The van der Waals surface area contributed by atoms with Gasteiger partial charge in [-0.15, -0.1) is 0 Å². The summed E-state index contributed by atoms with van der Waals surface area (Å²) in [5.41, 5.74) is 1.65. The maximum atomic E-state index is 11.8. The highest BCUT2D eigenvalue weighted by molar-refractivity contribution is 5.81. The number of benzene rings is 1. The molecule has 1 rings (SSSR count). The molecule has 0 aromatic heterocycles. The number of nitriles is 1. The molecular formula is C13H17N3O. The van der Waals surface area contributed by atoms with E-state index < -0.39 is 0 Å². The van der Waals surface area contributed by atoms with Crippen LogP contribution in [-0.4, -0.2) is 30.9 Å². The first kappa shape index (κ1) is 13.2. The average molecular weight is 231 g/mol. The molecule has 0 aliphatic heterocycles. The molecule has 1 unspecified atom stereocenters. The topological polar surface area (TPSA) is 56.1 Å². The third-order valence-corrected chi connectivity index (χ3v) is 2.68. The van der Waals surface area contributed by atoms with E-state index in [4.69, 9.17) is 5.26 Å². The molecule has 0 bridgehead atoms. The van der Waals surface area contributed by atoms with Crippen molar-refractivity contribution in [3.8, 4) is 6.07 Å². The van der Waals surface area contributed by atoms with E-state index >= 15 is 0 Å². The molecule has 0 saturated heterocycles. The Morgan fingerprint density at radius 1 is 1.47 bits per heavy atom. The van der Waals surface area contributed by atoms with Gasteiger partial charge in [0.15, 0.2) is 0 Å².